The van der Waals surface area contributed by atoms with Crippen LogP contribution in [0.15, 0.2) is 52.1 Å². The molecule has 8 heteroatoms. The first-order valence-electron chi connectivity index (χ1n) is 8.46. The molecular weight excluding hydrogens is 354 g/mol. The largest absolute Gasteiger partial charge is 0.467 e. The Kier molecular flexibility index (Phi) is 6.01. The number of hydrogen-bond acceptors (Lipinski definition) is 4. The molecule has 1 amide bonds. The molecule has 0 saturated carbocycles. The number of hydrogen-bond donors (Lipinski definition) is 2. The van der Waals surface area contributed by atoms with Gasteiger partial charge in [0.25, 0.3) is 0 Å². The zero-order valence-electron chi connectivity index (χ0n) is 14.4. The number of halogens is 1. The van der Waals surface area contributed by atoms with E-state index < -0.39 is 0 Å². The summed E-state index contributed by atoms with van der Waals surface area (Å²) in [7, 11) is 0. The van der Waals surface area contributed by atoms with E-state index in [1.54, 1.807) is 18.4 Å². The van der Waals surface area contributed by atoms with Crippen molar-refractivity contribution in [2.45, 2.75) is 6.54 Å². The molecule has 0 bridgehead atoms. The van der Waals surface area contributed by atoms with Crippen molar-refractivity contribution in [3.63, 3.8) is 0 Å². The number of rotatable bonds is 5. The molecule has 26 heavy (non-hydrogen) atoms. The van der Waals surface area contributed by atoms with Crippen LogP contribution in [0.5, 0.6) is 0 Å². The maximum absolute atomic E-state index is 11.8. The third kappa shape index (κ3) is 4.92. The number of guanidine groups is 1. The minimum Gasteiger partial charge on any atom is -0.467 e. The van der Waals surface area contributed by atoms with E-state index in [2.05, 4.69) is 15.2 Å². The SMILES string of the molecule is NC(=NCC(=O)NCc1ccco1)N1CCN(c2ccc(Cl)cc2)CC1. The Morgan fingerprint density at radius 1 is 1.19 bits per heavy atom. The highest BCUT2D eigenvalue weighted by Crippen LogP contribution is 2.19. The van der Waals surface area contributed by atoms with E-state index in [1.165, 1.54) is 0 Å². The second-order valence-corrected chi connectivity index (χ2v) is 6.42. The van der Waals surface area contributed by atoms with Crippen LogP contribution in [-0.2, 0) is 11.3 Å². The smallest absolute Gasteiger partial charge is 0.242 e. The maximum atomic E-state index is 11.8. The molecule has 2 heterocycles. The second-order valence-electron chi connectivity index (χ2n) is 5.98. The summed E-state index contributed by atoms with van der Waals surface area (Å²) in [5, 5.41) is 3.47. The molecule has 1 aliphatic rings. The molecule has 0 unspecified atom stereocenters. The second kappa shape index (κ2) is 8.62. The highest BCUT2D eigenvalue weighted by Gasteiger charge is 2.18. The van der Waals surface area contributed by atoms with Gasteiger partial charge in [-0.15, -0.1) is 0 Å². The summed E-state index contributed by atoms with van der Waals surface area (Å²) in [4.78, 5) is 20.3. The zero-order valence-corrected chi connectivity index (χ0v) is 15.2. The summed E-state index contributed by atoms with van der Waals surface area (Å²) in [5.41, 5.74) is 7.17. The van der Waals surface area contributed by atoms with Crippen LogP contribution >= 0.6 is 11.6 Å². The Morgan fingerprint density at radius 2 is 1.92 bits per heavy atom. The molecule has 1 fully saturated rings. The topological polar surface area (TPSA) is 87.1 Å². The minimum absolute atomic E-state index is 0.00391. The first-order chi connectivity index (χ1) is 12.6. The van der Waals surface area contributed by atoms with Crippen LogP contribution < -0.4 is 16.0 Å². The molecule has 7 nitrogen and oxygen atoms in total. The van der Waals surface area contributed by atoms with E-state index in [0.717, 1.165) is 36.9 Å². The number of carbonyl (C=O) groups is 1. The predicted octanol–water partition coefficient (Wildman–Crippen LogP) is 1.69. The quantitative estimate of drug-likeness (QED) is 0.613. The van der Waals surface area contributed by atoms with Gasteiger partial charge in [0, 0.05) is 36.9 Å². The van der Waals surface area contributed by atoms with E-state index >= 15 is 0 Å². The van der Waals surface area contributed by atoms with Crippen LogP contribution in [0.25, 0.3) is 0 Å². The normalized spacial score (nSPS) is 15.2. The molecule has 3 rings (SSSR count). The molecule has 0 atom stereocenters. The molecular formula is C18H22ClN5O2. The number of furan rings is 1. The fourth-order valence-electron chi connectivity index (χ4n) is 2.75. The minimum atomic E-state index is -0.191. The molecule has 0 aliphatic carbocycles. The number of amides is 1. The van der Waals surface area contributed by atoms with Crippen LogP contribution in [0.3, 0.4) is 0 Å². The van der Waals surface area contributed by atoms with Crippen molar-refractivity contribution in [3.05, 3.63) is 53.4 Å². The van der Waals surface area contributed by atoms with Gasteiger partial charge in [-0.05, 0) is 36.4 Å². The van der Waals surface area contributed by atoms with E-state index in [0.29, 0.717) is 18.3 Å². The number of nitrogens with two attached hydrogens (primary N) is 1. The van der Waals surface area contributed by atoms with Gasteiger partial charge in [-0.25, -0.2) is 4.99 Å². The van der Waals surface area contributed by atoms with Crippen molar-refractivity contribution in [2.75, 3.05) is 37.6 Å². The number of benzene rings is 1. The highest BCUT2D eigenvalue weighted by atomic mass is 35.5. The number of carbonyl (C=O) groups excluding carboxylic acids is 1. The van der Waals surface area contributed by atoms with Gasteiger partial charge in [0.15, 0.2) is 5.96 Å². The van der Waals surface area contributed by atoms with Crippen molar-refractivity contribution in [2.24, 2.45) is 10.7 Å². The number of aliphatic imine (C=N–C) groups is 1. The lowest BCUT2D eigenvalue weighted by molar-refractivity contribution is -0.119. The lowest BCUT2D eigenvalue weighted by Gasteiger charge is -2.36. The molecule has 0 spiro atoms. The van der Waals surface area contributed by atoms with Crippen LogP contribution in [0, 0.1) is 0 Å². The third-order valence-electron chi connectivity index (χ3n) is 4.22. The lowest BCUT2D eigenvalue weighted by atomic mass is 10.2. The zero-order chi connectivity index (χ0) is 18.4. The highest BCUT2D eigenvalue weighted by molar-refractivity contribution is 6.30. The van der Waals surface area contributed by atoms with Gasteiger partial charge in [-0.2, -0.15) is 0 Å². The molecule has 0 radical (unpaired) electrons. The third-order valence-corrected chi connectivity index (χ3v) is 4.47. The fourth-order valence-corrected chi connectivity index (χ4v) is 2.88. The molecule has 3 N–H and O–H groups in total. The van der Waals surface area contributed by atoms with Crippen LogP contribution in [0.2, 0.25) is 5.02 Å². The maximum Gasteiger partial charge on any atom is 0.242 e. The van der Waals surface area contributed by atoms with Gasteiger partial charge in [-0.3, -0.25) is 4.79 Å². The average Bonchev–Trinajstić information content (AvgIpc) is 3.19. The Morgan fingerprint density at radius 3 is 2.58 bits per heavy atom. The van der Waals surface area contributed by atoms with E-state index in [9.17, 15) is 4.79 Å². The van der Waals surface area contributed by atoms with E-state index in [4.69, 9.17) is 21.8 Å². The standard InChI is InChI=1S/C18H22ClN5O2/c19-14-3-5-15(6-4-14)23-7-9-24(10-8-23)18(20)22-13-17(25)21-12-16-2-1-11-26-16/h1-6,11H,7-10,12-13H2,(H2,20,22)(H,21,25). The molecule has 1 aliphatic heterocycles. The monoisotopic (exact) mass is 375 g/mol. The molecule has 2 aromatic rings. The summed E-state index contributed by atoms with van der Waals surface area (Å²) in [6, 6.07) is 11.4. The van der Waals surface area contributed by atoms with E-state index in [1.807, 2.05) is 29.2 Å². The number of piperazine rings is 1. The Hall–Kier alpha value is -2.67. The Labute approximate surface area is 157 Å². The van der Waals surface area contributed by atoms with Crippen molar-refractivity contribution in [3.8, 4) is 0 Å². The van der Waals surface area contributed by atoms with Crippen LogP contribution in [0.4, 0.5) is 5.69 Å². The van der Waals surface area contributed by atoms with Crippen molar-refractivity contribution < 1.29 is 9.21 Å². The van der Waals surface area contributed by atoms with Gasteiger partial charge in [0.05, 0.1) is 12.8 Å². The number of nitrogens with zero attached hydrogens (tertiary/aromatic N) is 3. The predicted molar refractivity (Wildman–Crippen MR) is 102 cm³/mol. The Balaban J connectivity index is 1.43. The number of nitrogens with one attached hydrogen (secondary N) is 1. The molecule has 1 aromatic carbocycles. The van der Waals surface area contributed by atoms with Gasteiger partial charge in [0.2, 0.25) is 5.91 Å². The first-order valence-corrected chi connectivity index (χ1v) is 8.84. The van der Waals surface area contributed by atoms with E-state index in [-0.39, 0.29) is 12.5 Å². The average molecular weight is 376 g/mol. The first kappa shape index (κ1) is 18.1. The van der Waals surface area contributed by atoms with Crippen LogP contribution in [-0.4, -0.2) is 49.5 Å². The molecule has 1 aromatic heterocycles. The summed E-state index contributed by atoms with van der Waals surface area (Å²) >= 11 is 5.93. The molecule has 1 saturated heterocycles. The van der Waals surface area contributed by atoms with Crippen molar-refractivity contribution in [1.82, 2.24) is 10.2 Å². The molecule has 138 valence electrons. The van der Waals surface area contributed by atoms with Gasteiger partial charge in [-0.1, -0.05) is 11.6 Å². The number of anilines is 1. The lowest BCUT2D eigenvalue weighted by Crippen LogP contribution is -2.51. The Bertz CT molecular complexity index is 737. The summed E-state index contributed by atoms with van der Waals surface area (Å²) in [6.07, 6.45) is 1.57. The van der Waals surface area contributed by atoms with Gasteiger partial charge < -0.3 is 25.3 Å². The van der Waals surface area contributed by atoms with Gasteiger partial charge >= 0.3 is 0 Å². The van der Waals surface area contributed by atoms with Gasteiger partial charge in [0.1, 0.15) is 12.3 Å². The van der Waals surface area contributed by atoms with Crippen molar-refractivity contribution >= 4 is 29.2 Å². The summed E-state index contributed by atoms with van der Waals surface area (Å²) in [5.74, 6) is 0.909. The van der Waals surface area contributed by atoms with Crippen LogP contribution in [0.1, 0.15) is 5.76 Å². The fraction of sp³-hybridized carbons (Fsp3) is 0.333. The summed E-state index contributed by atoms with van der Waals surface area (Å²) < 4.78 is 5.16. The summed E-state index contributed by atoms with van der Waals surface area (Å²) in [6.45, 7) is 3.54. The van der Waals surface area contributed by atoms with Crippen molar-refractivity contribution in [1.29, 1.82) is 0 Å².